The highest BCUT2D eigenvalue weighted by atomic mass is 16.3. The summed E-state index contributed by atoms with van der Waals surface area (Å²) in [5, 5.41) is 7.22. The van der Waals surface area contributed by atoms with E-state index in [1.54, 1.807) is 0 Å². The van der Waals surface area contributed by atoms with E-state index in [0.717, 1.165) is 55.7 Å². The molecule has 0 aliphatic carbocycles. The number of para-hydroxylation sites is 5. The van der Waals surface area contributed by atoms with Crippen molar-refractivity contribution in [3.05, 3.63) is 255 Å². The number of hydrogen-bond acceptors (Lipinski definition) is 2. The largest absolute Gasteiger partial charge is 0.454 e. The van der Waals surface area contributed by atoms with Gasteiger partial charge in [-0.15, -0.1) is 0 Å². The fourth-order valence-electron chi connectivity index (χ4n) is 10.1. The molecule has 67 heavy (non-hydrogen) atoms. The highest BCUT2D eigenvalue weighted by Crippen LogP contribution is 2.44. The maximum absolute atomic E-state index is 6.65. The molecule has 3 heteroatoms. The molecule has 0 N–H and O–H groups in total. The lowest BCUT2D eigenvalue weighted by atomic mass is 9.97. The molecule has 0 saturated heterocycles. The van der Waals surface area contributed by atoms with Crippen LogP contribution >= 0.6 is 0 Å². The third kappa shape index (κ3) is 6.67. The third-order valence-corrected chi connectivity index (χ3v) is 13.4. The lowest BCUT2D eigenvalue weighted by Gasteiger charge is -2.26. The molecule has 13 rings (SSSR count). The molecule has 0 saturated carbocycles. The molecule has 0 amide bonds. The topological polar surface area (TPSA) is 21.3 Å². The first-order valence-corrected chi connectivity index (χ1v) is 22.9. The van der Waals surface area contributed by atoms with E-state index in [2.05, 4.69) is 252 Å². The fraction of sp³-hybridized carbons (Fsp3) is 0. The lowest BCUT2D eigenvalue weighted by molar-refractivity contribution is 0.669. The standard InChI is InChI=1S/C64H42N2O/c1-2-14-48-42-51(32-29-43(48)13-1)50-16-11-15-49(41-50)46-35-39-53(40-36-46)65(62-25-12-21-58-57-20-6-10-26-63(57)67-64(58)62)52-37-33-45(34-38-52)44-27-30-47(31-28-44)54-17-3-7-22-59(54)66-60-23-8-4-18-55(60)56-19-5-9-24-61(56)66/h1-42H. The molecule has 0 aliphatic rings. The van der Waals surface area contributed by atoms with E-state index in [-0.39, 0.29) is 0 Å². The molecule has 2 heterocycles. The summed E-state index contributed by atoms with van der Waals surface area (Å²) in [6.45, 7) is 0. The monoisotopic (exact) mass is 854 g/mol. The SMILES string of the molecule is c1cc(-c2ccc(N(c3ccc(-c4ccc(-c5ccccc5-n5c6ccccc6c6ccccc65)cc4)cc3)c3cccc4c3oc3ccccc34)cc2)cc(-c2ccc3ccccc3c2)c1. The molecule has 0 spiro atoms. The number of furan rings is 1. The summed E-state index contributed by atoms with van der Waals surface area (Å²) in [6, 6.07) is 91.8. The summed E-state index contributed by atoms with van der Waals surface area (Å²) in [4.78, 5) is 2.32. The van der Waals surface area contributed by atoms with Crippen LogP contribution in [0.3, 0.4) is 0 Å². The zero-order chi connectivity index (χ0) is 44.3. The van der Waals surface area contributed by atoms with Crippen molar-refractivity contribution in [1.29, 1.82) is 0 Å². The van der Waals surface area contributed by atoms with Crippen molar-refractivity contribution >= 4 is 71.6 Å². The number of hydrogen-bond donors (Lipinski definition) is 0. The van der Waals surface area contributed by atoms with Gasteiger partial charge in [0.05, 0.1) is 22.4 Å². The van der Waals surface area contributed by atoms with Crippen LogP contribution in [-0.2, 0) is 0 Å². The van der Waals surface area contributed by atoms with Crippen LogP contribution in [-0.4, -0.2) is 4.57 Å². The van der Waals surface area contributed by atoms with Gasteiger partial charge in [-0.3, -0.25) is 0 Å². The number of fused-ring (bicyclic) bond motifs is 7. The maximum atomic E-state index is 6.65. The molecule has 0 aliphatic heterocycles. The summed E-state index contributed by atoms with van der Waals surface area (Å²) in [6.07, 6.45) is 0. The van der Waals surface area contributed by atoms with Gasteiger partial charge in [-0.2, -0.15) is 0 Å². The summed E-state index contributed by atoms with van der Waals surface area (Å²) >= 11 is 0. The molecule has 0 unspecified atom stereocenters. The molecule has 0 fully saturated rings. The second-order valence-electron chi connectivity index (χ2n) is 17.3. The Morgan fingerprint density at radius 3 is 1.52 bits per heavy atom. The zero-order valence-electron chi connectivity index (χ0n) is 36.6. The Kier molecular flexibility index (Phi) is 9.17. The van der Waals surface area contributed by atoms with Crippen molar-refractivity contribution in [2.75, 3.05) is 4.90 Å². The van der Waals surface area contributed by atoms with Crippen LogP contribution in [0.5, 0.6) is 0 Å². The van der Waals surface area contributed by atoms with Crippen molar-refractivity contribution in [1.82, 2.24) is 4.57 Å². The van der Waals surface area contributed by atoms with Crippen molar-refractivity contribution in [3.8, 4) is 50.2 Å². The molecule has 3 nitrogen and oxygen atoms in total. The van der Waals surface area contributed by atoms with E-state index in [1.165, 1.54) is 66.1 Å². The predicted octanol–water partition coefficient (Wildman–Crippen LogP) is 18.0. The summed E-state index contributed by atoms with van der Waals surface area (Å²) < 4.78 is 9.06. The van der Waals surface area contributed by atoms with Gasteiger partial charge in [0.2, 0.25) is 0 Å². The van der Waals surface area contributed by atoms with Gasteiger partial charge in [-0.05, 0) is 116 Å². The van der Waals surface area contributed by atoms with E-state index in [0.29, 0.717) is 0 Å². The molecular formula is C64H42N2O. The molecule has 11 aromatic carbocycles. The van der Waals surface area contributed by atoms with Crippen molar-refractivity contribution in [3.63, 3.8) is 0 Å². The predicted molar refractivity (Wildman–Crippen MR) is 282 cm³/mol. The molecule has 0 bridgehead atoms. The average Bonchev–Trinajstić information content (AvgIpc) is 3.96. The number of anilines is 3. The quantitative estimate of drug-likeness (QED) is 0.152. The minimum absolute atomic E-state index is 0.858. The summed E-state index contributed by atoms with van der Waals surface area (Å²) in [5.41, 5.74) is 17.8. The Morgan fingerprint density at radius 1 is 0.313 bits per heavy atom. The minimum atomic E-state index is 0.858. The van der Waals surface area contributed by atoms with E-state index < -0.39 is 0 Å². The maximum Gasteiger partial charge on any atom is 0.159 e. The van der Waals surface area contributed by atoms with Gasteiger partial charge in [0, 0.05) is 38.5 Å². The third-order valence-electron chi connectivity index (χ3n) is 13.4. The summed E-state index contributed by atoms with van der Waals surface area (Å²) in [5.74, 6) is 0. The van der Waals surface area contributed by atoms with Gasteiger partial charge < -0.3 is 13.9 Å². The van der Waals surface area contributed by atoms with Crippen LogP contribution in [0, 0.1) is 0 Å². The number of rotatable bonds is 8. The minimum Gasteiger partial charge on any atom is -0.454 e. The van der Waals surface area contributed by atoms with Crippen molar-refractivity contribution in [2.45, 2.75) is 0 Å². The van der Waals surface area contributed by atoms with E-state index >= 15 is 0 Å². The van der Waals surface area contributed by atoms with Gasteiger partial charge in [0.25, 0.3) is 0 Å². The van der Waals surface area contributed by atoms with Gasteiger partial charge in [0.1, 0.15) is 5.58 Å². The highest BCUT2D eigenvalue weighted by molar-refractivity contribution is 6.11. The molecule has 13 aromatic rings. The number of aromatic nitrogens is 1. The van der Waals surface area contributed by atoms with Crippen LogP contribution in [0.4, 0.5) is 17.1 Å². The van der Waals surface area contributed by atoms with E-state index in [1.807, 2.05) is 12.1 Å². The Morgan fingerprint density at radius 2 is 0.806 bits per heavy atom. The van der Waals surface area contributed by atoms with Gasteiger partial charge in [-0.1, -0.05) is 188 Å². The Bertz CT molecular complexity index is 3920. The Hall–Kier alpha value is -8.92. The fourth-order valence-corrected chi connectivity index (χ4v) is 10.1. The zero-order valence-corrected chi connectivity index (χ0v) is 36.6. The Labute approximate surface area is 388 Å². The average molecular weight is 855 g/mol. The van der Waals surface area contributed by atoms with Gasteiger partial charge in [-0.25, -0.2) is 0 Å². The van der Waals surface area contributed by atoms with Crippen molar-refractivity contribution < 1.29 is 4.42 Å². The first-order chi connectivity index (χ1) is 33.2. The number of nitrogens with zero attached hydrogens (tertiary/aromatic N) is 2. The second kappa shape index (κ2) is 16.0. The normalized spacial score (nSPS) is 11.6. The highest BCUT2D eigenvalue weighted by Gasteiger charge is 2.20. The van der Waals surface area contributed by atoms with Crippen LogP contribution in [0.15, 0.2) is 259 Å². The lowest BCUT2D eigenvalue weighted by Crippen LogP contribution is -2.10. The van der Waals surface area contributed by atoms with Crippen LogP contribution in [0.25, 0.3) is 105 Å². The molecule has 0 atom stereocenters. The number of benzene rings is 11. The van der Waals surface area contributed by atoms with Crippen LogP contribution < -0.4 is 4.90 Å². The van der Waals surface area contributed by atoms with Crippen LogP contribution in [0.2, 0.25) is 0 Å². The van der Waals surface area contributed by atoms with Crippen molar-refractivity contribution in [2.24, 2.45) is 0 Å². The van der Waals surface area contributed by atoms with Gasteiger partial charge in [0.15, 0.2) is 5.58 Å². The first-order valence-electron chi connectivity index (χ1n) is 22.9. The smallest absolute Gasteiger partial charge is 0.159 e. The molecule has 2 aromatic heterocycles. The molecule has 0 radical (unpaired) electrons. The molecular weight excluding hydrogens is 813 g/mol. The Balaban J connectivity index is 0.851. The second-order valence-corrected chi connectivity index (χ2v) is 17.3. The van der Waals surface area contributed by atoms with E-state index in [9.17, 15) is 0 Å². The molecule has 314 valence electrons. The first kappa shape index (κ1) is 38.5. The summed E-state index contributed by atoms with van der Waals surface area (Å²) in [7, 11) is 0. The van der Waals surface area contributed by atoms with Gasteiger partial charge >= 0.3 is 0 Å². The van der Waals surface area contributed by atoms with E-state index in [4.69, 9.17) is 4.42 Å². The van der Waals surface area contributed by atoms with Crippen LogP contribution in [0.1, 0.15) is 0 Å².